The first-order valence-corrected chi connectivity index (χ1v) is 6.44. The van der Waals surface area contributed by atoms with Gasteiger partial charge in [-0.15, -0.1) is 0 Å². The van der Waals surface area contributed by atoms with Gasteiger partial charge in [0, 0.05) is 5.02 Å². The molecule has 7 heteroatoms. The number of methoxy groups -OCH3 is 1. The van der Waals surface area contributed by atoms with Crippen LogP contribution in [-0.4, -0.2) is 36.2 Å². The molecule has 0 atom stereocenters. The summed E-state index contributed by atoms with van der Waals surface area (Å²) in [7, 11) is 1.53. The van der Waals surface area contributed by atoms with E-state index in [4.69, 9.17) is 16.3 Å². The van der Waals surface area contributed by atoms with E-state index >= 15 is 0 Å². The second-order valence-electron chi connectivity index (χ2n) is 4.97. The maximum atomic E-state index is 12.0. The number of amides is 3. The fourth-order valence-corrected chi connectivity index (χ4v) is 2.12. The van der Waals surface area contributed by atoms with Crippen LogP contribution in [0.3, 0.4) is 0 Å². The van der Waals surface area contributed by atoms with Crippen molar-refractivity contribution in [3.8, 4) is 5.75 Å². The lowest BCUT2D eigenvalue weighted by molar-refractivity contribution is -0.129. The van der Waals surface area contributed by atoms with Crippen LogP contribution in [0.15, 0.2) is 18.2 Å². The standard InChI is InChI=1S/C13H16ClN3O3/c1-13(2)11(18)17(12(19)16-13)7-15-9-6-8(14)4-5-10(9)20-3/h4-6,15H,7H2,1-3H3,(H,16,19). The smallest absolute Gasteiger partial charge is 0.326 e. The molecule has 0 radical (unpaired) electrons. The Morgan fingerprint density at radius 2 is 2.10 bits per heavy atom. The number of imide groups is 1. The minimum atomic E-state index is -0.878. The molecule has 0 aromatic heterocycles. The number of nitrogens with one attached hydrogen (secondary N) is 2. The maximum absolute atomic E-state index is 12.0. The van der Waals surface area contributed by atoms with Crippen molar-refractivity contribution < 1.29 is 14.3 Å². The summed E-state index contributed by atoms with van der Waals surface area (Å²) in [5.74, 6) is 0.303. The molecule has 0 spiro atoms. The van der Waals surface area contributed by atoms with Crippen molar-refractivity contribution in [3.05, 3.63) is 23.2 Å². The van der Waals surface area contributed by atoms with Crippen molar-refractivity contribution in [1.82, 2.24) is 10.2 Å². The highest BCUT2D eigenvalue weighted by Crippen LogP contribution is 2.28. The Balaban J connectivity index is 2.12. The molecule has 1 aromatic carbocycles. The van der Waals surface area contributed by atoms with E-state index in [0.29, 0.717) is 16.5 Å². The van der Waals surface area contributed by atoms with Crippen molar-refractivity contribution in [3.63, 3.8) is 0 Å². The number of halogens is 1. The number of ether oxygens (including phenoxy) is 1. The van der Waals surface area contributed by atoms with Crippen LogP contribution in [0.2, 0.25) is 5.02 Å². The van der Waals surface area contributed by atoms with Gasteiger partial charge in [-0.1, -0.05) is 11.6 Å². The molecule has 1 fully saturated rings. The number of carbonyl (C=O) groups excluding carboxylic acids is 2. The number of hydrogen-bond acceptors (Lipinski definition) is 4. The predicted octanol–water partition coefficient (Wildman–Crippen LogP) is 2.05. The largest absolute Gasteiger partial charge is 0.495 e. The molecule has 1 aromatic rings. The molecule has 2 rings (SSSR count). The van der Waals surface area contributed by atoms with Crippen molar-refractivity contribution in [2.75, 3.05) is 19.1 Å². The van der Waals surface area contributed by atoms with Crippen LogP contribution in [-0.2, 0) is 4.79 Å². The Hall–Kier alpha value is -1.95. The average Bonchev–Trinajstić information content (AvgIpc) is 2.57. The fraction of sp³-hybridized carbons (Fsp3) is 0.385. The van der Waals surface area contributed by atoms with Crippen LogP contribution < -0.4 is 15.4 Å². The van der Waals surface area contributed by atoms with Gasteiger partial charge >= 0.3 is 6.03 Å². The Labute approximate surface area is 122 Å². The van der Waals surface area contributed by atoms with E-state index in [0.717, 1.165) is 4.90 Å². The molecule has 1 aliphatic heterocycles. The second-order valence-corrected chi connectivity index (χ2v) is 5.40. The number of rotatable bonds is 4. The highest BCUT2D eigenvalue weighted by Gasteiger charge is 2.44. The Kier molecular flexibility index (Phi) is 3.76. The van der Waals surface area contributed by atoms with Crippen LogP contribution in [0, 0.1) is 0 Å². The monoisotopic (exact) mass is 297 g/mol. The van der Waals surface area contributed by atoms with E-state index in [9.17, 15) is 9.59 Å². The van der Waals surface area contributed by atoms with Gasteiger partial charge in [0.25, 0.3) is 5.91 Å². The van der Waals surface area contributed by atoms with Gasteiger partial charge < -0.3 is 15.4 Å². The van der Waals surface area contributed by atoms with E-state index in [2.05, 4.69) is 10.6 Å². The molecule has 0 aliphatic carbocycles. The summed E-state index contributed by atoms with van der Waals surface area (Å²) in [4.78, 5) is 24.9. The topological polar surface area (TPSA) is 70.7 Å². The highest BCUT2D eigenvalue weighted by molar-refractivity contribution is 6.30. The zero-order valence-electron chi connectivity index (χ0n) is 11.5. The molecule has 1 saturated heterocycles. The highest BCUT2D eigenvalue weighted by atomic mass is 35.5. The van der Waals surface area contributed by atoms with Gasteiger partial charge in [-0.3, -0.25) is 4.79 Å². The van der Waals surface area contributed by atoms with Crippen molar-refractivity contribution in [2.24, 2.45) is 0 Å². The number of hydrogen-bond donors (Lipinski definition) is 2. The number of carbonyl (C=O) groups is 2. The molecule has 1 heterocycles. The quantitative estimate of drug-likeness (QED) is 0.835. The zero-order chi connectivity index (χ0) is 14.9. The fourth-order valence-electron chi connectivity index (χ4n) is 1.94. The van der Waals surface area contributed by atoms with Crippen LogP contribution in [0.25, 0.3) is 0 Å². The minimum Gasteiger partial charge on any atom is -0.495 e. The van der Waals surface area contributed by atoms with Crippen molar-refractivity contribution in [2.45, 2.75) is 19.4 Å². The zero-order valence-corrected chi connectivity index (χ0v) is 12.2. The lowest BCUT2D eigenvalue weighted by Gasteiger charge is -2.18. The summed E-state index contributed by atoms with van der Waals surface area (Å²) in [6.45, 7) is 3.37. The van der Waals surface area contributed by atoms with Crippen LogP contribution in [0.4, 0.5) is 10.5 Å². The molecule has 2 N–H and O–H groups in total. The van der Waals surface area contributed by atoms with Gasteiger partial charge in [-0.05, 0) is 32.0 Å². The second kappa shape index (κ2) is 5.20. The normalized spacial score (nSPS) is 17.1. The van der Waals surface area contributed by atoms with Crippen LogP contribution in [0.5, 0.6) is 5.75 Å². The third-order valence-corrected chi connectivity index (χ3v) is 3.27. The molecule has 20 heavy (non-hydrogen) atoms. The van der Waals surface area contributed by atoms with E-state index in [1.165, 1.54) is 7.11 Å². The SMILES string of the molecule is COc1ccc(Cl)cc1NCN1C(=O)NC(C)(C)C1=O. The third kappa shape index (κ3) is 2.65. The first-order valence-electron chi connectivity index (χ1n) is 6.06. The van der Waals surface area contributed by atoms with Gasteiger partial charge in [0.15, 0.2) is 0 Å². The van der Waals surface area contributed by atoms with E-state index in [-0.39, 0.29) is 12.6 Å². The number of nitrogens with zero attached hydrogens (tertiary/aromatic N) is 1. The summed E-state index contributed by atoms with van der Waals surface area (Å²) >= 11 is 5.92. The first-order chi connectivity index (χ1) is 9.35. The van der Waals surface area contributed by atoms with Crippen molar-refractivity contribution in [1.29, 1.82) is 0 Å². The average molecular weight is 298 g/mol. The number of anilines is 1. The van der Waals surface area contributed by atoms with Crippen LogP contribution in [0.1, 0.15) is 13.8 Å². The van der Waals surface area contributed by atoms with Gasteiger partial charge in [-0.2, -0.15) is 0 Å². The summed E-state index contributed by atoms with van der Waals surface area (Å²) < 4.78 is 5.19. The number of urea groups is 1. The molecule has 0 unspecified atom stereocenters. The van der Waals surface area contributed by atoms with Gasteiger partial charge in [0.1, 0.15) is 18.0 Å². The summed E-state index contributed by atoms with van der Waals surface area (Å²) in [6.07, 6.45) is 0. The maximum Gasteiger partial charge on any atom is 0.326 e. The minimum absolute atomic E-state index is 0.0464. The summed E-state index contributed by atoms with van der Waals surface area (Å²) in [5.41, 5.74) is -0.262. The molecule has 0 saturated carbocycles. The molecular formula is C13H16ClN3O3. The lowest BCUT2D eigenvalue weighted by Crippen LogP contribution is -2.41. The van der Waals surface area contributed by atoms with E-state index < -0.39 is 11.6 Å². The molecule has 3 amide bonds. The van der Waals surface area contributed by atoms with Crippen molar-refractivity contribution >= 4 is 29.2 Å². The van der Waals surface area contributed by atoms with Gasteiger partial charge in [0.2, 0.25) is 0 Å². The molecule has 108 valence electrons. The van der Waals surface area contributed by atoms with E-state index in [1.54, 1.807) is 32.0 Å². The van der Waals surface area contributed by atoms with Crippen LogP contribution >= 0.6 is 11.6 Å². The van der Waals surface area contributed by atoms with E-state index in [1.807, 2.05) is 0 Å². The number of benzene rings is 1. The summed E-state index contributed by atoms with van der Waals surface area (Å²) in [5, 5.41) is 6.12. The Bertz CT molecular complexity index is 560. The predicted molar refractivity (Wildman–Crippen MR) is 76.0 cm³/mol. The molecular weight excluding hydrogens is 282 g/mol. The lowest BCUT2D eigenvalue weighted by atomic mass is 10.1. The molecule has 1 aliphatic rings. The van der Waals surface area contributed by atoms with Gasteiger partial charge in [0.05, 0.1) is 12.8 Å². The Morgan fingerprint density at radius 3 is 2.65 bits per heavy atom. The van der Waals surface area contributed by atoms with Gasteiger partial charge in [-0.25, -0.2) is 9.69 Å². The Morgan fingerprint density at radius 1 is 1.40 bits per heavy atom. The summed E-state index contributed by atoms with van der Waals surface area (Å²) in [6, 6.07) is 4.65. The molecule has 6 nitrogen and oxygen atoms in total. The first kappa shape index (κ1) is 14.5. The molecule has 0 bridgehead atoms. The third-order valence-electron chi connectivity index (χ3n) is 3.03.